The van der Waals surface area contributed by atoms with Gasteiger partial charge in [0.1, 0.15) is 5.60 Å². The standard InChI is InChI=1S/C12H21N3O3/c1-4-17-12(5-7-16-8-6-12)9-14-10(18-15-9)11(2,3)13/h4-8,13H2,1-3H3. The summed E-state index contributed by atoms with van der Waals surface area (Å²) in [5.41, 5.74) is 4.83. The van der Waals surface area contributed by atoms with E-state index in [-0.39, 0.29) is 0 Å². The van der Waals surface area contributed by atoms with Crippen LogP contribution in [0.3, 0.4) is 0 Å². The highest BCUT2D eigenvalue weighted by atomic mass is 16.5. The molecule has 0 aliphatic carbocycles. The number of hydrogen-bond acceptors (Lipinski definition) is 6. The zero-order valence-electron chi connectivity index (χ0n) is 11.2. The van der Waals surface area contributed by atoms with Gasteiger partial charge in [-0.25, -0.2) is 0 Å². The summed E-state index contributed by atoms with van der Waals surface area (Å²) in [4.78, 5) is 4.41. The number of hydrogen-bond donors (Lipinski definition) is 1. The van der Waals surface area contributed by atoms with Crippen LogP contribution in [-0.2, 0) is 20.6 Å². The summed E-state index contributed by atoms with van der Waals surface area (Å²) in [6.07, 6.45) is 1.48. The Morgan fingerprint density at radius 3 is 2.56 bits per heavy atom. The van der Waals surface area contributed by atoms with Crippen molar-refractivity contribution in [3.8, 4) is 0 Å². The highest BCUT2D eigenvalue weighted by molar-refractivity contribution is 5.06. The molecule has 0 saturated carbocycles. The van der Waals surface area contributed by atoms with Crippen LogP contribution in [0.1, 0.15) is 45.3 Å². The van der Waals surface area contributed by atoms with Crippen LogP contribution in [0.25, 0.3) is 0 Å². The van der Waals surface area contributed by atoms with Crippen molar-refractivity contribution >= 4 is 0 Å². The number of aromatic nitrogens is 2. The van der Waals surface area contributed by atoms with E-state index in [4.69, 9.17) is 19.7 Å². The van der Waals surface area contributed by atoms with Crippen LogP contribution in [0.15, 0.2) is 4.52 Å². The summed E-state index contributed by atoms with van der Waals surface area (Å²) in [7, 11) is 0. The van der Waals surface area contributed by atoms with Gasteiger partial charge >= 0.3 is 0 Å². The van der Waals surface area contributed by atoms with E-state index in [0.29, 0.717) is 31.5 Å². The molecule has 0 spiro atoms. The SMILES string of the molecule is CCOC1(c2noc(C(C)(C)N)n2)CCOCC1. The van der Waals surface area contributed by atoms with Gasteiger partial charge in [-0.15, -0.1) is 0 Å². The molecule has 1 fully saturated rings. The second-order valence-corrected chi connectivity index (χ2v) is 5.18. The van der Waals surface area contributed by atoms with Crippen LogP contribution < -0.4 is 5.73 Å². The van der Waals surface area contributed by atoms with Crippen molar-refractivity contribution in [3.05, 3.63) is 11.7 Å². The Bertz CT molecular complexity index is 386. The number of ether oxygens (including phenoxy) is 2. The van der Waals surface area contributed by atoms with E-state index < -0.39 is 11.1 Å². The fraction of sp³-hybridized carbons (Fsp3) is 0.833. The molecule has 0 radical (unpaired) electrons. The number of nitrogens with two attached hydrogens (primary N) is 1. The molecule has 1 aromatic heterocycles. The maximum Gasteiger partial charge on any atom is 0.246 e. The second-order valence-electron chi connectivity index (χ2n) is 5.18. The van der Waals surface area contributed by atoms with E-state index >= 15 is 0 Å². The maximum absolute atomic E-state index is 5.95. The minimum atomic E-state index is -0.635. The molecule has 1 saturated heterocycles. The van der Waals surface area contributed by atoms with Crippen LogP contribution in [0.5, 0.6) is 0 Å². The largest absolute Gasteiger partial charge is 0.381 e. The van der Waals surface area contributed by atoms with Gasteiger partial charge in [-0.1, -0.05) is 5.16 Å². The lowest BCUT2D eigenvalue weighted by molar-refractivity contribution is -0.118. The first-order chi connectivity index (χ1) is 8.48. The molecule has 6 nitrogen and oxygen atoms in total. The molecule has 0 unspecified atom stereocenters. The van der Waals surface area contributed by atoms with Crippen molar-refractivity contribution in [1.82, 2.24) is 10.1 Å². The van der Waals surface area contributed by atoms with Crippen molar-refractivity contribution in [1.29, 1.82) is 0 Å². The summed E-state index contributed by atoms with van der Waals surface area (Å²) in [6.45, 7) is 7.54. The van der Waals surface area contributed by atoms with Crippen LogP contribution in [0.2, 0.25) is 0 Å². The molecule has 0 aromatic carbocycles. The monoisotopic (exact) mass is 255 g/mol. The summed E-state index contributed by atoms with van der Waals surface area (Å²) in [5, 5.41) is 4.05. The lowest BCUT2D eigenvalue weighted by Crippen LogP contribution is -2.38. The van der Waals surface area contributed by atoms with Crippen molar-refractivity contribution in [2.24, 2.45) is 5.73 Å². The van der Waals surface area contributed by atoms with E-state index in [0.717, 1.165) is 12.8 Å². The van der Waals surface area contributed by atoms with Gasteiger partial charge in [0.2, 0.25) is 11.7 Å². The Hall–Kier alpha value is -0.980. The van der Waals surface area contributed by atoms with Gasteiger partial charge in [0.25, 0.3) is 0 Å². The summed E-state index contributed by atoms with van der Waals surface area (Å²) in [6, 6.07) is 0. The highest BCUT2D eigenvalue weighted by Crippen LogP contribution is 2.34. The van der Waals surface area contributed by atoms with E-state index in [1.165, 1.54) is 0 Å². The Kier molecular flexibility index (Phi) is 3.70. The summed E-state index contributed by atoms with van der Waals surface area (Å²) in [5.74, 6) is 1.02. The van der Waals surface area contributed by atoms with E-state index in [9.17, 15) is 0 Å². The molecule has 0 amide bonds. The van der Waals surface area contributed by atoms with Gasteiger partial charge in [-0.05, 0) is 20.8 Å². The fourth-order valence-electron chi connectivity index (χ4n) is 2.08. The van der Waals surface area contributed by atoms with Crippen molar-refractivity contribution in [2.75, 3.05) is 19.8 Å². The highest BCUT2D eigenvalue weighted by Gasteiger charge is 2.40. The smallest absolute Gasteiger partial charge is 0.246 e. The lowest BCUT2D eigenvalue weighted by Gasteiger charge is -2.33. The topological polar surface area (TPSA) is 83.4 Å². The van der Waals surface area contributed by atoms with Gasteiger partial charge in [-0.3, -0.25) is 0 Å². The van der Waals surface area contributed by atoms with E-state index in [1.807, 2.05) is 20.8 Å². The van der Waals surface area contributed by atoms with Gasteiger partial charge in [-0.2, -0.15) is 4.98 Å². The quantitative estimate of drug-likeness (QED) is 0.873. The Balaban J connectivity index is 2.28. The van der Waals surface area contributed by atoms with E-state index in [2.05, 4.69) is 10.1 Å². The number of rotatable bonds is 4. The Morgan fingerprint density at radius 2 is 2.06 bits per heavy atom. The van der Waals surface area contributed by atoms with Gasteiger partial charge in [0.15, 0.2) is 0 Å². The Labute approximate surface area is 107 Å². The maximum atomic E-state index is 5.95. The normalized spacial score (nSPS) is 20.0. The summed E-state index contributed by atoms with van der Waals surface area (Å²) < 4.78 is 16.5. The molecule has 6 heteroatoms. The predicted molar refractivity (Wildman–Crippen MR) is 64.9 cm³/mol. The zero-order valence-corrected chi connectivity index (χ0v) is 11.2. The second kappa shape index (κ2) is 4.95. The van der Waals surface area contributed by atoms with Crippen LogP contribution in [0.4, 0.5) is 0 Å². The minimum absolute atomic E-state index is 0.433. The van der Waals surface area contributed by atoms with Gasteiger partial charge in [0, 0.05) is 32.7 Å². The van der Waals surface area contributed by atoms with Crippen molar-refractivity contribution in [2.45, 2.75) is 44.8 Å². The first-order valence-electron chi connectivity index (χ1n) is 6.33. The lowest BCUT2D eigenvalue weighted by atomic mass is 9.93. The fourth-order valence-corrected chi connectivity index (χ4v) is 2.08. The molecule has 18 heavy (non-hydrogen) atoms. The zero-order chi connectivity index (χ0) is 13.2. The third kappa shape index (κ3) is 2.55. The van der Waals surface area contributed by atoms with Crippen LogP contribution in [-0.4, -0.2) is 30.0 Å². The van der Waals surface area contributed by atoms with Crippen molar-refractivity contribution in [3.63, 3.8) is 0 Å². The third-order valence-corrected chi connectivity index (χ3v) is 3.11. The van der Waals surface area contributed by atoms with Gasteiger partial charge in [0.05, 0.1) is 5.54 Å². The Morgan fingerprint density at radius 1 is 1.39 bits per heavy atom. The predicted octanol–water partition coefficient (Wildman–Crippen LogP) is 1.31. The van der Waals surface area contributed by atoms with Crippen molar-refractivity contribution < 1.29 is 14.0 Å². The van der Waals surface area contributed by atoms with Gasteiger partial charge < -0.3 is 19.7 Å². The third-order valence-electron chi connectivity index (χ3n) is 3.11. The first kappa shape index (κ1) is 13.5. The molecule has 2 rings (SSSR count). The molecule has 2 heterocycles. The molecule has 102 valence electrons. The summed E-state index contributed by atoms with van der Waals surface area (Å²) >= 11 is 0. The molecule has 0 atom stereocenters. The molecular formula is C12H21N3O3. The average Bonchev–Trinajstić information content (AvgIpc) is 2.80. The van der Waals surface area contributed by atoms with E-state index in [1.54, 1.807) is 0 Å². The minimum Gasteiger partial charge on any atom is -0.381 e. The number of nitrogens with zero attached hydrogens (tertiary/aromatic N) is 2. The molecule has 0 bridgehead atoms. The molecule has 1 aliphatic rings. The first-order valence-corrected chi connectivity index (χ1v) is 6.33. The van der Waals surface area contributed by atoms with Crippen LogP contribution >= 0.6 is 0 Å². The average molecular weight is 255 g/mol. The molecule has 1 aliphatic heterocycles. The molecule has 1 aromatic rings. The molecular weight excluding hydrogens is 234 g/mol. The molecule has 2 N–H and O–H groups in total. The van der Waals surface area contributed by atoms with Crippen LogP contribution in [0, 0.1) is 0 Å².